The van der Waals surface area contributed by atoms with Gasteiger partial charge in [-0.1, -0.05) is 36.4 Å². The Balaban J connectivity index is 2.95. The Morgan fingerprint density at radius 1 is 0.714 bits per heavy atom. The number of nitrogens with zero attached hydrogens (tertiary/aromatic N) is 2. The zero-order chi connectivity index (χ0) is 9.97. The van der Waals surface area contributed by atoms with Crippen molar-refractivity contribution < 1.29 is 0 Å². The average molecular weight is 178 g/mol. The van der Waals surface area contributed by atoms with Crippen LogP contribution in [0, 0.1) is 13.1 Å². The first-order valence-electron chi connectivity index (χ1n) is 4.13. The fourth-order valence-corrected chi connectivity index (χ4v) is 1.47. The molecule has 0 unspecified atom stereocenters. The Kier molecular flexibility index (Phi) is 1.89. The third-order valence-electron chi connectivity index (χ3n) is 2.12. The highest BCUT2D eigenvalue weighted by Crippen LogP contribution is 2.32. The molecule has 2 nitrogen and oxygen atoms in total. The van der Waals surface area contributed by atoms with Gasteiger partial charge in [-0.3, -0.25) is 0 Å². The molecule has 2 aromatic carbocycles. The van der Waals surface area contributed by atoms with Gasteiger partial charge in [0.1, 0.15) is 0 Å². The second-order valence-corrected chi connectivity index (χ2v) is 2.87. The Morgan fingerprint density at radius 3 is 1.50 bits per heavy atom. The number of hydrogen-bond donors (Lipinski definition) is 0. The highest BCUT2D eigenvalue weighted by molar-refractivity contribution is 6.01. The quantitative estimate of drug-likeness (QED) is 0.540. The summed E-state index contributed by atoms with van der Waals surface area (Å²) in [6, 6.07) is 10.9. The van der Waals surface area contributed by atoms with Gasteiger partial charge < -0.3 is 0 Å². The van der Waals surface area contributed by atoms with Crippen LogP contribution in [0.25, 0.3) is 20.5 Å². The summed E-state index contributed by atoms with van der Waals surface area (Å²) >= 11 is 0. The molecule has 2 rings (SSSR count). The van der Waals surface area contributed by atoms with E-state index in [1.165, 1.54) is 0 Å². The molecule has 0 aliphatic carbocycles. The summed E-state index contributed by atoms with van der Waals surface area (Å²) in [5, 5.41) is 1.71. The molecule has 0 heterocycles. The van der Waals surface area contributed by atoms with E-state index in [1.54, 1.807) is 12.1 Å². The molecule has 64 valence electrons. The van der Waals surface area contributed by atoms with E-state index in [-0.39, 0.29) is 0 Å². The lowest BCUT2D eigenvalue weighted by Crippen LogP contribution is -1.72. The summed E-state index contributed by atoms with van der Waals surface area (Å²) < 4.78 is 0. The van der Waals surface area contributed by atoms with E-state index in [1.807, 2.05) is 24.3 Å². The van der Waals surface area contributed by atoms with Gasteiger partial charge >= 0.3 is 0 Å². The van der Waals surface area contributed by atoms with Crippen molar-refractivity contribution in [3.63, 3.8) is 0 Å². The number of benzene rings is 2. The molecule has 14 heavy (non-hydrogen) atoms. The number of fused-ring (bicyclic) bond motifs is 1. The number of hydrogen-bond acceptors (Lipinski definition) is 0. The Bertz CT molecular complexity index is 518. The third kappa shape index (κ3) is 1.11. The van der Waals surface area contributed by atoms with Crippen molar-refractivity contribution in [3.05, 3.63) is 59.2 Å². The molecular formula is C12H6N2. The Labute approximate surface area is 82.0 Å². The van der Waals surface area contributed by atoms with Crippen LogP contribution in [-0.4, -0.2) is 0 Å². The molecule has 0 atom stereocenters. The third-order valence-corrected chi connectivity index (χ3v) is 2.12. The standard InChI is InChI=1S/C12H6N2/c1-13-11-7-3-6-10-9(11)5-4-8-12(10)14-2/h3-8H. The SMILES string of the molecule is [C-]#[N+]c1cccc2c([N+]#[C-])cccc12. The van der Waals surface area contributed by atoms with Crippen LogP contribution < -0.4 is 0 Å². The lowest BCUT2D eigenvalue weighted by molar-refractivity contribution is 1.75. The van der Waals surface area contributed by atoms with Crippen molar-refractivity contribution in [1.82, 2.24) is 0 Å². The van der Waals surface area contributed by atoms with E-state index in [9.17, 15) is 0 Å². The molecule has 0 saturated carbocycles. The van der Waals surface area contributed by atoms with E-state index in [2.05, 4.69) is 9.69 Å². The van der Waals surface area contributed by atoms with Crippen molar-refractivity contribution in [1.29, 1.82) is 0 Å². The molecule has 0 aliphatic rings. The summed E-state index contributed by atoms with van der Waals surface area (Å²) in [5.74, 6) is 0. The first kappa shape index (κ1) is 8.29. The molecule has 2 heteroatoms. The Hall–Kier alpha value is -2.32. The molecule has 2 aromatic rings. The normalized spacial score (nSPS) is 9.29. The van der Waals surface area contributed by atoms with Gasteiger partial charge in [-0.2, -0.15) is 0 Å². The largest absolute Gasteiger partial charge is 0.238 e. The maximum absolute atomic E-state index is 7.00. The predicted molar refractivity (Wildman–Crippen MR) is 56.5 cm³/mol. The highest BCUT2D eigenvalue weighted by Gasteiger charge is 2.02. The lowest BCUT2D eigenvalue weighted by atomic mass is 10.1. The smallest absolute Gasteiger partial charge is 0.193 e. The van der Waals surface area contributed by atoms with Crippen LogP contribution in [0.5, 0.6) is 0 Å². The van der Waals surface area contributed by atoms with E-state index in [4.69, 9.17) is 13.1 Å². The summed E-state index contributed by atoms with van der Waals surface area (Å²) in [6.45, 7) is 14.0. The predicted octanol–water partition coefficient (Wildman–Crippen LogP) is 3.94. The van der Waals surface area contributed by atoms with E-state index in [0.717, 1.165) is 10.8 Å². The molecule has 0 spiro atoms. The average Bonchev–Trinajstić information content (AvgIpc) is 2.27. The molecule has 0 aliphatic heterocycles. The van der Waals surface area contributed by atoms with Crippen molar-refractivity contribution in [3.8, 4) is 0 Å². The van der Waals surface area contributed by atoms with Gasteiger partial charge in [-0.05, 0) is 10.8 Å². The topological polar surface area (TPSA) is 8.72 Å². The van der Waals surface area contributed by atoms with Crippen LogP contribution in [0.15, 0.2) is 36.4 Å². The monoisotopic (exact) mass is 178 g/mol. The minimum absolute atomic E-state index is 0.605. The van der Waals surface area contributed by atoms with Gasteiger partial charge in [-0.25, -0.2) is 9.69 Å². The van der Waals surface area contributed by atoms with Crippen LogP contribution in [0.4, 0.5) is 11.4 Å². The first-order chi connectivity index (χ1) is 6.86. The van der Waals surface area contributed by atoms with Crippen molar-refractivity contribution in [2.75, 3.05) is 0 Å². The second kappa shape index (κ2) is 3.20. The fourth-order valence-electron chi connectivity index (χ4n) is 1.47. The van der Waals surface area contributed by atoms with Crippen LogP contribution in [-0.2, 0) is 0 Å². The van der Waals surface area contributed by atoms with Gasteiger partial charge in [0.15, 0.2) is 11.4 Å². The zero-order valence-corrected chi connectivity index (χ0v) is 7.36. The van der Waals surface area contributed by atoms with Crippen LogP contribution >= 0.6 is 0 Å². The second-order valence-electron chi connectivity index (χ2n) is 2.87. The molecule has 0 N–H and O–H groups in total. The maximum Gasteiger partial charge on any atom is 0.193 e. The molecular weight excluding hydrogens is 172 g/mol. The van der Waals surface area contributed by atoms with Crippen LogP contribution in [0.1, 0.15) is 0 Å². The zero-order valence-electron chi connectivity index (χ0n) is 7.36. The summed E-state index contributed by atoms with van der Waals surface area (Å²) in [7, 11) is 0. The molecule has 0 amide bonds. The van der Waals surface area contributed by atoms with Crippen molar-refractivity contribution in [2.45, 2.75) is 0 Å². The van der Waals surface area contributed by atoms with Gasteiger partial charge in [0, 0.05) is 0 Å². The minimum atomic E-state index is 0.605. The fraction of sp³-hybridized carbons (Fsp3) is 0. The summed E-state index contributed by atoms with van der Waals surface area (Å²) in [4.78, 5) is 6.84. The minimum Gasteiger partial charge on any atom is -0.238 e. The van der Waals surface area contributed by atoms with E-state index < -0.39 is 0 Å². The summed E-state index contributed by atoms with van der Waals surface area (Å²) in [5.41, 5.74) is 1.21. The molecule has 0 fully saturated rings. The molecule has 0 bridgehead atoms. The van der Waals surface area contributed by atoms with Crippen LogP contribution in [0.3, 0.4) is 0 Å². The molecule has 0 saturated heterocycles. The molecule has 0 radical (unpaired) electrons. The maximum atomic E-state index is 7.00. The highest BCUT2D eigenvalue weighted by atomic mass is 14.7. The van der Waals surface area contributed by atoms with Crippen molar-refractivity contribution >= 4 is 22.1 Å². The van der Waals surface area contributed by atoms with Gasteiger partial charge in [0.05, 0.1) is 13.1 Å². The number of rotatable bonds is 0. The van der Waals surface area contributed by atoms with E-state index >= 15 is 0 Å². The first-order valence-corrected chi connectivity index (χ1v) is 4.13. The van der Waals surface area contributed by atoms with Gasteiger partial charge in [0.25, 0.3) is 0 Å². The Morgan fingerprint density at radius 2 is 1.14 bits per heavy atom. The van der Waals surface area contributed by atoms with Crippen molar-refractivity contribution in [2.24, 2.45) is 0 Å². The lowest BCUT2D eigenvalue weighted by Gasteiger charge is -2.00. The molecule has 0 aromatic heterocycles. The van der Waals surface area contributed by atoms with Gasteiger partial charge in [0.2, 0.25) is 0 Å². The van der Waals surface area contributed by atoms with Crippen LogP contribution in [0.2, 0.25) is 0 Å². The van der Waals surface area contributed by atoms with E-state index in [0.29, 0.717) is 11.4 Å². The van der Waals surface area contributed by atoms with Gasteiger partial charge in [-0.15, -0.1) is 0 Å². The summed E-state index contributed by atoms with van der Waals surface area (Å²) in [6.07, 6.45) is 0.